The minimum atomic E-state index is -0.619. The minimum Gasteiger partial charge on any atom is -0.377 e. The summed E-state index contributed by atoms with van der Waals surface area (Å²) in [5.74, 6) is -0.619. The summed E-state index contributed by atoms with van der Waals surface area (Å²) in [5, 5.41) is 10.9. The molecule has 1 aliphatic heterocycles. The van der Waals surface area contributed by atoms with E-state index in [1.807, 2.05) is 6.20 Å². The quantitative estimate of drug-likeness (QED) is 0.633. The Labute approximate surface area is 112 Å². The van der Waals surface area contributed by atoms with Crippen LogP contribution in [0.2, 0.25) is 0 Å². The van der Waals surface area contributed by atoms with Crippen LogP contribution in [0.1, 0.15) is 18.4 Å². The molecule has 1 aliphatic rings. The Morgan fingerprint density at radius 1 is 1.39 bits per heavy atom. The Bertz CT molecular complexity index is 499. The fraction of sp³-hybridized carbons (Fsp3) is 0.333. The highest BCUT2D eigenvalue weighted by atomic mass is 79.9. The van der Waals surface area contributed by atoms with E-state index < -0.39 is 10.7 Å². The van der Waals surface area contributed by atoms with E-state index in [-0.39, 0.29) is 5.69 Å². The standard InChI is InChI=1S/C12H12BrFN2O2/c13-11-7-9(14)8-12(16(17)18)10(11)3-6-15-4-1-2-5-15/h3,6-8H,1-2,4-5H2/b6-3+. The lowest BCUT2D eigenvalue weighted by Gasteiger charge is -2.10. The molecule has 6 heteroatoms. The van der Waals surface area contributed by atoms with Gasteiger partial charge in [-0.15, -0.1) is 0 Å². The van der Waals surface area contributed by atoms with Crippen molar-refractivity contribution in [3.05, 3.63) is 44.3 Å². The van der Waals surface area contributed by atoms with E-state index in [4.69, 9.17) is 0 Å². The second kappa shape index (κ2) is 5.48. The highest BCUT2D eigenvalue weighted by Crippen LogP contribution is 2.29. The van der Waals surface area contributed by atoms with Gasteiger partial charge >= 0.3 is 0 Å². The van der Waals surface area contributed by atoms with Gasteiger partial charge in [-0.25, -0.2) is 4.39 Å². The first-order valence-corrected chi connectivity index (χ1v) is 6.43. The lowest BCUT2D eigenvalue weighted by molar-refractivity contribution is -0.385. The molecule has 0 unspecified atom stereocenters. The number of halogens is 2. The largest absolute Gasteiger partial charge is 0.377 e. The van der Waals surface area contributed by atoms with Gasteiger partial charge in [0, 0.05) is 17.6 Å². The van der Waals surface area contributed by atoms with Gasteiger partial charge in [-0.05, 0) is 47.1 Å². The molecule has 0 radical (unpaired) electrons. The van der Waals surface area contributed by atoms with E-state index in [0.717, 1.165) is 32.0 Å². The second-order valence-electron chi connectivity index (χ2n) is 4.14. The summed E-state index contributed by atoms with van der Waals surface area (Å²) in [6.45, 7) is 1.92. The van der Waals surface area contributed by atoms with Gasteiger partial charge in [-0.1, -0.05) is 0 Å². The lowest BCUT2D eigenvalue weighted by Crippen LogP contribution is -2.10. The van der Waals surface area contributed by atoms with Crippen molar-refractivity contribution < 1.29 is 9.31 Å². The number of hydrogen-bond acceptors (Lipinski definition) is 3. The highest BCUT2D eigenvalue weighted by Gasteiger charge is 2.17. The Balaban J connectivity index is 2.33. The van der Waals surface area contributed by atoms with Crippen molar-refractivity contribution in [1.82, 2.24) is 4.90 Å². The van der Waals surface area contributed by atoms with Crippen LogP contribution in [0.4, 0.5) is 10.1 Å². The van der Waals surface area contributed by atoms with E-state index >= 15 is 0 Å². The van der Waals surface area contributed by atoms with Crippen molar-refractivity contribution in [1.29, 1.82) is 0 Å². The van der Waals surface area contributed by atoms with Crippen molar-refractivity contribution in [2.24, 2.45) is 0 Å². The number of benzene rings is 1. The SMILES string of the molecule is O=[N+]([O-])c1cc(F)cc(Br)c1/C=C/N1CCCC1. The zero-order valence-electron chi connectivity index (χ0n) is 9.60. The van der Waals surface area contributed by atoms with Gasteiger partial charge in [-0.2, -0.15) is 0 Å². The van der Waals surface area contributed by atoms with Gasteiger partial charge in [0.1, 0.15) is 5.82 Å². The second-order valence-corrected chi connectivity index (χ2v) is 4.99. The molecule has 0 amide bonds. The molecular formula is C12H12BrFN2O2. The molecule has 1 saturated heterocycles. The zero-order valence-corrected chi connectivity index (χ0v) is 11.2. The Morgan fingerprint density at radius 2 is 2.06 bits per heavy atom. The predicted octanol–water partition coefficient (Wildman–Crippen LogP) is 3.56. The van der Waals surface area contributed by atoms with Gasteiger partial charge in [0.05, 0.1) is 16.6 Å². The summed E-state index contributed by atoms with van der Waals surface area (Å²) in [7, 11) is 0. The van der Waals surface area contributed by atoms with E-state index in [0.29, 0.717) is 10.0 Å². The van der Waals surface area contributed by atoms with Crippen LogP contribution in [0.5, 0.6) is 0 Å². The summed E-state index contributed by atoms with van der Waals surface area (Å²) in [6.07, 6.45) is 5.76. The molecule has 1 aromatic rings. The maximum absolute atomic E-state index is 13.1. The van der Waals surface area contributed by atoms with Gasteiger partial charge in [0.25, 0.3) is 5.69 Å². The van der Waals surface area contributed by atoms with Crippen LogP contribution in [0.3, 0.4) is 0 Å². The molecule has 0 saturated carbocycles. The monoisotopic (exact) mass is 314 g/mol. The van der Waals surface area contributed by atoms with Crippen LogP contribution >= 0.6 is 15.9 Å². The molecule has 0 N–H and O–H groups in total. The molecule has 1 heterocycles. The lowest BCUT2D eigenvalue weighted by atomic mass is 10.1. The highest BCUT2D eigenvalue weighted by molar-refractivity contribution is 9.10. The van der Waals surface area contributed by atoms with Crippen molar-refractivity contribution in [3.63, 3.8) is 0 Å². The van der Waals surface area contributed by atoms with E-state index in [1.165, 1.54) is 6.07 Å². The van der Waals surface area contributed by atoms with E-state index in [9.17, 15) is 14.5 Å². The summed E-state index contributed by atoms with van der Waals surface area (Å²) in [6, 6.07) is 2.17. The average Bonchev–Trinajstić information content (AvgIpc) is 2.79. The van der Waals surface area contributed by atoms with Crippen molar-refractivity contribution in [2.45, 2.75) is 12.8 Å². The van der Waals surface area contributed by atoms with Crippen molar-refractivity contribution in [2.75, 3.05) is 13.1 Å². The molecular weight excluding hydrogens is 303 g/mol. The zero-order chi connectivity index (χ0) is 13.1. The number of rotatable bonds is 3. The molecule has 0 bridgehead atoms. The molecule has 0 aromatic heterocycles. The predicted molar refractivity (Wildman–Crippen MR) is 70.6 cm³/mol. The summed E-state index contributed by atoms with van der Waals surface area (Å²) in [4.78, 5) is 12.4. The van der Waals surface area contributed by atoms with E-state index in [2.05, 4.69) is 20.8 Å². The van der Waals surface area contributed by atoms with Gasteiger partial charge in [0.15, 0.2) is 0 Å². The van der Waals surface area contributed by atoms with Crippen molar-refractivity contribution in [3.8, 4) is 0 Å². The first-order valence-electron chi connectivity index (χ1n) is 5.63. The first kappa shape index (κ1) is 13.0. The molecule has 0 spiro atoms. The average molecular weight is 315 g/mol. The third-order valence-electron chi connectivity index (χ3n) is 2.86. The fourth-order valence-electron chi connectivity index (χ4n) is 1.96. The molecule has 0 atom stereocenters. The van der Waals surface area contributed by atoms with Crippen LogP contribution in [0.25, 0.3) is 6.08 Å². The van der Waals surface area contributed by atoms with Crippen LogP contribution < -0.4 is 0 Å². The van der Waals surface area contributed by atoms with Crippen LogP contribution in [0, 0.1) is 15.9 Å². The molecule has 18 heavy (non-hydrogen) atoms. The van der Waals surface area contributed by atoms with Crippen molar-refractivity contribution >= 4 is 27.7 Å². The Kier molecular flexibility index (Phi) is 3.96. The van der Waals surface area contributed by atoms with Crippen LogP contribution in [-0.4, -0.2) is 22.9 Å². The fourth-order valence-corrected chi connectivity index (χ4v) is 2.51. The molecule has 4 nitrogen and oxygen atoms in total. The van der Waals surface area contributed by atoms with Gasteiger partial charge < -0.3 is 4.90 Å². The molecule has 1 aromatic carbocycles. The first-order chi connectivity index (χ1) is 8.58. The normalized spacial score (nSPS) is 15.6. The van der Waals surface area contributed by atoms with Crippen LogP contribution in [-0.2, 0) is 0 Å². The molecule has 2 rings (SSSR count). The maximum atomic E-state index is 13.1. The molecule has 1 fully saturated rings. The number of nitro benzene ring substituents is 1. The third kappa shape index (κ3) is 2.87. The third-order valence-corrected chi connectivity index (χ3v) is 3.52. The minimum absolute atomic E-state index is 0.225. The van der Waals surface area contributed by atoms with Crippen LogP contribution in [0.15, 0.2) is 22.8 Å². The number of nitro groups is 1. The number of likely N-dealkylation sites (tertiary alicyclic amines) is 1. The van der Waals surface area contributed by atoms with Gasteiger partial charge in [0.2, 0.25) is 0 Å². The number of hydrogen-bond donors (Lipinski definition) is 0. The Morgan fingerprint density at radius 3 is 2.67 bits per heavy atom. The summed E-state index contributed by atoms with van der Waals surface area (Å²) in [5.41, 5.74) is 0.172. The topological polar surface area (TPSA) is 46.4 Å². The maximum Gasteiger partial charge on any atom is 0.280 e. The molecule has 96 valence electrons. The summed E-state index contributed by atoms with van der Waals surface area (Å²) >= 11 is 3.16. The number of nitrogens with zero attached hydrogens (tertiary/aromatic N) is 2. The van der Waals surface area contributed by atoms with E-state index in [1.54, 1.807) is 6.08 Å². The smallest absolute Gasteiger partial charge is 0.280 e. The molecule has 0 aliphatic carbocycles. The Hall–Kier alpha value is -1.43. The van der Waals surface area contributed by atoms with Gasteiger partial charge in [-0.3, -0.25) is 10.1 Å². The summed E-state index contributed by atoms with van der Waals surface area (Å²) < 4.78 is 13.5.